The molecule has 1 saturated carbocycles. The second-order valence-corrected chi connectivity index (χ2v) is 9.28. The third-order valence-corrected chi connectivity index (χ3v) is 6.64. The Bertz CT molecular complexity index is 1070. The van der Waals surface area contributed by atoms with E-state index in [1.165, 1.54) is 19.3 Å². The number of carbonyl (C=O) groups is 2. The van der Waals surface area contributed by atoms with Crippen molar-refractivity contribution in [3.05, 3.63) is 47.5 Å². The van der Waals surface area contributed by atoms with Crippen molar-refractivity contribution < 1.29 is 28.9 Å². The molecule has 9 heteroatoms. The van der Waals surface area contributed by atoms with Crippen LogP contribution in [0.2, 0.25) is 0 Å². The summed E-state index contributed by atoms with van der Waals surface area (Å²) in [6, 6.07) is 11.1. The van der Waals surface area contributed by atoms with Crippen molar-refractivity contribution in [1.82, 2.24) is 10.2 Å². The Kier molecular flexibility index (Phi) is 8.40. The quantitative estimate of drug-likeness (QED) is 0.406. The number of amides is 3. The molecule has 0 spiro atoms. The van der Waals surface area contributed by atoms with Crippen LogP contribution in [0.1, 0.15) is 43.2 Å². The summed E-state index contributed by atoms with van der Waals surface area (Å²) in [5.74, 6) is 2.81. The van der Waals surface area contributed by atoms with Gasteiger partial charge in [0.1, 0.15) is 5.75 Å². The molecule has 2 fully saturated rings. The van der Waals surface area contributed by atoms with Gasteiger partial charge in [0.15, 0.2) is 11.5 Å². The third kappa shape index (κ3) is 6.53. The number of hydrogen-bond donors (Lipinski definition) is 2. The lowest BCUT2D eigenvalue weighted by Gasteiger charge is -2.36. The summed E-state index contributed by atoms with van der Waals surface area (Å²) < 4.78 is 17.0. The van der Waals surface area contributed by atoms with Gasteiger partial charge in [-0.1, -0.05) is 25.0 Å². The number of urea groups is 1. The third-order valence-electron chi connectivity index (χ3n) is 6.64. The van der Waals surface area contributed by atoms with Gasteiger partial charge in [-0.15, -0.1) is 0 Å². The number of methoxy groups -OCH3 is 2. The van der Waals surface area contributed by atoms with E-state index in [1.807, 2.05) is 30.3 Å². The van der Waals surface area contributed by atoms with E-state index in [1.54, 1.807) is 30.1 Å². The lowest BCUT2D eigenvalue weighted by Crippen LogP contribution is -2.49. The summed E-state index contributed by atoms with van der Waals surface area (Å²) in [6.07, 6.45) is 4.64. The van der Waals surface area contributed by atoms with Crippen molar-refractivity contribution in [3.63, 3.8) is 0 Å². The van der Waals surface area contributed by atoms with Gasteiger partial charge in [-0.25, -0.2) is 9.59 Å². The predicted molar refractivity (Wildman–Crippen MR) is 136 cm³/mol. The van der Waals surface area contributed by atoms with E-state index in [9.17, 15) is 9.59 Å². The Labute approximate surface area is 211 Å². The van der Waals surface area contributed by atoms with E-state index < -0.39 is 6.09 Å². The average Bonchev–Trinajstić information content (AvgIpc) is 3.71. The molecule has 2 aromatic carbocycles. The zero-order valence-electron chi connectivity index (χ0n) is 21.0. The minimum Gasteiger partial charge on any atom is -0.496 e. The molecular formula is C27H35N3O6. The van der Waals surface area contributed by atoms with Crippen LogP contribution >= 0.6 is 0 Å². The molecule has 1 aliphatic carbocycles. The molecule has 0 radical (unpaired) electrons. The molecule has 0 unspecified atom stereocenters. The van der Waals surface area contributed by atoms with Gasteiger partial charge in [0.25, 0.3) is 0 Å². The molecule has 2 aromatic rings. The lowest BCUT2D eigenvalue weighted by molar-refractivity contribution is 0.191. The number of carbonyl (C=O) groups excluding carboxylic acids is 1. The van der Waals surface area contributed by atoms with Gasteiger partial charge in [0.2, 0.25) is 0 Å². The topological polar surface area (TPSA) is 101 Å². The van der Waals surface area contributed by atoms with Crippen LogP contribution in [0.15, 0.2) is 36.4 Å². The molecule has 9 nitrogen and oxygen atoms in total. The molecular weight excluding hydrogens is 462 g/mol. The monoisotopic (exact) mass is 497 g/mol. The highest BCUT2D eigenvalue weighted by Gasteiger charge is 2.28. The fraction of sp³-hybridized carbons (Fsp3) is 0.481. The molecule has 1 heterocycles. The van der Waals surface area contributed by atoms with Crippen LogP contribution in [0.5, 0.6) is 17.2 Å². The number of nitrogens with one attached hydrogen (secondary N) is 1. The average molecular weight is 498 g/mol. The van der Waals surface area contributed by atoms with E-state index in [2.05, 4.69) is 5.32 Å². The molecule has 3 amide bonds. The maximum Gasteiger partial charge on any atom is 0.404 e. The number of nitrogens with zero attached hydrogens (tertiary/aromatic N) is 2. The molecule has 1 aliphatic heterocycles. The molecule has 0 bridgehead atoms. The van der Waals surface area contributed by atoms with Crippen LogP contribution in [-0.4, -0.2) is 56.0 Å². The van der Waals surface area contributed by atoms with Crippen molar-refractivity contribution in [2.24, 2.45) is 5.92 Å². The van der Waals surface area contributed by atoms with Gasteiger partial charge in [0.05, 0.1) is 27.4 Å². The minimum absolute atomic E-state index is 0.0789. The molecule has 1 saturated heterocycles. The van der Waals surface area contributed by atoms with Crippen LogP contribution in [0, 0.1) is 5.92 Å². The number of carboxylic acid groups (broad SMARTS) is 1. The van der Waals surface area contributed by atoms with Crippen molar-refractivity contribution in [2.75, 3.05) is 38.8 Å². The normalized spacial score (nSPS) is 15.6. The fourth-order valence-corrected chi connectivity index (χ4v) is 4.49. The van der Waals surface area contributed by atoms with Crippen molar-refractivity contribution in [2.45, 2.75) is 45.2 Å². The first-order valence-electron chi connectivity index (χ1n) is 12.5. The standard InChI is InChI=1S/C27H35N3O6/c1-34-23-11-10-22(16-25(23)36-14-3-5-19-6-7-19)30-13-4-12-29(27(30)33)18-21-9-8-20(15-24(21)35-2)17-28-26(31)32/h8-11,15-16,19,28H,3-7,12-14,17-18H2,1-2H3,(H,31,32). The highest BCUT2D eigenvalue weighted by atomic mass is 16.5. The molecule has 0 aromatic heterocycles. The van der Waals surface area contributed by atoms with Crippen molar-refractivity contribution in [1.29, 1.82) is 0 Å². The van der Waals surface area contributed by atoms with Gasteiger partial charge < -0.3 is 29.5 Å². The first-order valence-corrected chi connectivity index (χ1v) is 12.5. The Morgan fingerprint density at radius 1 is 1.06 bits per heavy atom. The predicted octanol–water partition coefficient (Wildman–Crippen LogP) is 4.87. The van der Waals surface area contributed by atoms with Gasteiger partial charge in [0, 0.05) is 37.0 Å². The molecule has 0 atom stereocenters. The van der Waals surface area contributed by atoms with E-state index in [4.69, 9.17) is 19.3 Å². The number of anilines is 1. The van der Waals surface area contributed by atoms with E-state index in [0.29, 0.717) is 43.5 Å². The summed E-state index contributed by atoms with van der Waals surface area (Å²) >= 11 is 0. The first-order chi connectivity index (χ1) is 17.5. The summed E-state index contributed by atoms with van der Waals surface area (Å²) in [7, 11) is 3.19. The summed E-state index contributed by atoms with van der Waals surface area (Å²) in [5.41, 5.74) is 2.43. The maximum absolute atomic E-state index is 13.4. The summed E-state index contributed by atoms with van der Waals surface area (Å²) in [5, 5.41) is 11.2. The number of benzene rings is 2. The van der Waals surface area contributed by atoms with E-state index in [0.717, 1.165) is 35.6 Å². The Hall–Kier alpha value is -3.62. The smallest absolute Gasteiger partial charge is 0.404 e. The summed E-state index contributed by atoms with van der Waals surface area (Å²) in [4.78, 5) is 27.8. The largest absolute Gasteiger partial charge is 0.496 e. The molecule has 2 aliphatic rings. The number of rotatable bonds is 12. The van der Waals surface area contributed by atoms with Crippen LogP contribution in [0.3, 0.4) is 0 Å². The highest BCUT2D eigenvalue weighted by Crippen LogP contribution is 2.35. The van der Waals surface area contributed by atoms with Crippen LogP contribution in [-0.2, 0) is 13.1 Å². The van der Waals surface area contributed by atoms with Crippen LogP contribution < -0.4 is 24.4 Å². The van der Waals surface area contributed by atoms with E-state index in [-0.39, 0.29) is 12.6 Å². The van der Waals surface area contributed by atoms with Crippen molar-refractivity contribution >= 4 is 17.8 Å². The SMILES string of the molecule is COc1cc(CNC(=O)O)ccc1CN1CCCN(c2ccc(OC)c(OCCCC3CC3)c2)C1=O. The maximum atomic E-state index is 13.4. The van der Waals surface area contributed by atoms with Gasteiger partial charge in [-0.3, -0.25) is 4.90 Å². The highest BCUT2D eigenvalue weighted by molar-refractivity contribution is 5.93. The first kappa shape index (κ1) is 25.5. The Morgan fingerprint density at radius 3 is 2.58 bits per heavy atom. The summed E-state index contributed by atoms with van der Waals surface area (Å²) in [6.45, 7) is 2.48. The van der Waals surface area contributed by atoms with Crippen LogP contribution in [0.4, 0.5) is 15.3 Å². The van der Waals surface area contributed by atoms with E-state index >= 15 is 0 Å². The van der Waals surface area contributed by atoms with Gasteiger partial charge >= 0.3 is 12.1 Å². The number of ether oxygens (including phenoxy) is 3. The van der Waals surface area contributed by atoms with Crippen molar-refractivity contribution in [3.8, 4) is 17.2 Å². The zero-order valence-corrected chi connectivity index (χ0v) is 21.0. The Balaban J connectivity index is 1.43. The zero-order chi connectivity index (χ0) is 25.5. The van der Waals surface area contributed by atoms with Gasteiger partial charge in [-0.05, 0) is 48.9 Å². The molecule has 36 heavy (non-hydrogen) atoms. The number of hydrogen-bond acceptors (Lipinski definition) is 5. The lowest BCUT2D eigenvalue weighted by atomic mass is 10.1. The fourth-order valence-electron chi connectivity index (χ4n) is 4.49. The second kappa shape index (κ2) is 11.9. The molecule has 2 N–H and O–H groups in total. The molecule has 194 valence electrons. The van der Waals surface area contributed by atoms with Gasteiger partial charge in [-0.2, -0.15) is 0 Å². The molecule has 4 rings (SSSR count). The Morgan fingerprint density at radius 2 is 1.86 bits per heavy atom. The minimum atomic E-state index is -1.08. The second-order valence-electron chi connectivity index (χ2n) is 9.28. The van der Waals surface area contributed by atoms with Crippen LogP contribution in [0.25, 0.3) is 0 Å².